The Morgan fingerprint density at radius 3 is 2.55 bits per heavy atom. The third-order valence-corrected chi connectivity index (χ3v) is 3.50. The summed E-state index contributed by atoms with van der Waals surface area (Å²) in [6, 6.07) is 14.6. The van der Waals surface area contributed by atoms with Gasteiger partial charge in [-0.05, 0) is 22.9 Å². The van der Waals surface area contributed by atoms with E-state index in [-0.39, 0.29) is 12.4 Å². The second-order valence-corrected chi connectivity index (χ2v) is 4.81. The molecule has 108 valence electrons. The molecule has 2 aromatic rings. The van der Waals surface area contributed by atoms with Crippen molar-refractivity contribution in [3.05, 3.63) is 42.5 Å². The molecule has 1 saturated heterocycles. The topological polar surface area (TPSA) is 21.7 Å². The third-order valence-electron chi connectivity index (χ3n) is 3.50. The molecular weight excluding hydrogens is 274 g/mol. The predicted octanol–water partition coefficient (Wildman–Crippen LogP) is 2.97. The number of morpholine rings is 1. The van der Waals surface area contributed by atoms with Gasteiger partial charge in [0.25, 0.3) is 0 Å². The molecule has 0 aliphatic carbocycles. The molecule has 20 heavy (non-hydrogen) atoms. The van der Waals surface area contributed by atoms with Gasteiger partial charge in [0.15, 0.2) is 0 Å². The summed E-state index contributed by atoms with van der Waals surface area (Å²) in [4.78, 5) is 2.38. The van der Waals surface area contributed by atoms with E-state index in [0.29, 0.717) is 0 Å². The Labute approximate surface area is 125 Å². The molecule has 0 bridgehead atoms. The van der Waals surface area contributed by atoms with Gasteiger partial charge in [0.1, 0.15) is 12.4 Å². The Hall–Kier alpha value is -1.29. The molecule has 0 amide bonds. The Kier molecular flexibility index (Phi) is 5.65. The summed E-state index contributed by atoms with van der Waals surface area (Å²) >= 11 is 0. The third kappa shape index (κ3) is 3.85. The van der Waals surface area contributed by atoms with E-state index < -0.39 is 0 Å². The summed E-state index contributed by atoms with van der Waals surface area (Å²) in [6.07, 6.45) is 0. The smallest absolute Gasteiger partial charge is 0.120 e. The summed E-state index contributed by atoms with van der Waals surface area (Å²) in [7, 11) is 0. The second kappa shape index (κ2) is 7.48. The summed E-state index contributed by atoms with van der Waals surface area (Å²) < 4.78 is 11.2. The van der Waals surface area contributed by atoms with Gasteiger partial charge in [-0.1, -0.05) is 30.3 Å². The predicted molar refractivity (Wildman–Crippen MR) is 84.0 cm³/mol. The molecule has 3 rings (SSSR count). The molecular formula is C16H20ClNO2. The van der Waals surface area contributed by atoms with E-state index in [4.69, 9.17) is 9.47 Å². The Balaban J connectivity index is 0.00000147. The number of hydrogen-bond acceptors (Lipinski definition) is 3. The van der Waals surface area contributed by atoms with Crippen LogP contribution in [0.2, 0.25) is 0 Å². The highest BCUT2D eigenvalue weighted by Crippen LogP contribution is 2.20. The zero-order chi connectivity index (χ0) is 12.9. The molecule has 4 heteroatoms. The lowest BCUT2D eigenvalue weighted by atomic mass is 10.1. The summed E-state index contributed by atoms with van der Waals surface area (Å²) in [5.41, 5.74) is 0. The van der Waals surface area contributed by atoms with E-state index in [0.717, 1.165) is 45.2 Å². The van der Waals surface area contributed by atoms with E-state index in [9.17, 15) is 0 Å². The Morgan fingerprint density at radius 2 is 1.75 bits per heavy atom. The van der Waals surface area contributed by atoms with Crippen molar-refractivity contribution in [3.63, 3.8) is 0 Å². The molecule has 1 aliphatic heterocycles. The molecule has 2 aromatic carbocycles. The number of fused-ring (bicyclic) bond motifs is 1. The number of benzene rings is 2. The molecule has 0 unspecified atom stereocenters. The SMILES string of the molecule is Cl.c1ccc2cc(OCCN3CCOCC3)ccc2c1. The van der Waals surface area contributed by atoms with E-state index in [1.807, 2.05) is 6.07 Å². The number of halogens is 1. The van der Waals surface area contributed by atoms with Gasteiger partial charge in [0.2, 0.25) is 0 Å². The zero-order valence-corrected chi connectivity index (χ0v) is 12.3. The van der Waals surface area contributed by atoms with E-state index >= 15 is 0 Å². The van der Waals surface area contributed by atoms with Crippen molar-refractivity contribution in [2.45, 2.75) is 0 Å². The van der Waals surface area contributed by atoms with Gasteiger partial charge in [0, 0.05) is 19.6 Å². The number of ether oxygens (including phenoxy) is 2. The maximum Gasteiger partial charge on any atom is 0.120 e. The number of nitrogens with zero attached hydrogens (tertiary/aromatic N) is 1. The van der Waals surface area contributed by atoms with E-state index in [1.165, 1.54) is 10.8 Å². The first-order chi connectivity index (χ1) is 9.42. The van der Waals surface area contributed by atoms with Crippen LogP contribution in [0.15, 0.2) is 42.5 Å². The quantitative estimate of drug-likeness (QED) is 0.865. The van der Waals surface area contributed by atoms with Gasteiger partial charge >= 0.3 is 0 Å². The fraction of sp³-hybridized carbons (Fsp3) is 0.375. The Morgan fingerprint density at radius 1 is 1.00 bits per heavy atom. The van der Waals surface area contributed by atoms with Crippen molar-refractivity contribution in [3.8, 4) is 5.75 Å². The molecule has 0 aromatic heterocycles. The molecule has 1 aliphatic rings. The summed E-state index contributed by atoms with van der Waals surface area (Å²) in [6.45, 7) is 5.42. The standard InChI is InChI=1S/C16H19NO2.ClH/c1-2-4-15-13-16(6-5-14(15)3-1)19-12-9-17-7-10-18-11-8-17;/h1-6,13H,7-12H2;1H. The van der Waals surface area contributed by atoms with Crippen LogP contribution in [-0.2, 0) is 4.74 Å². The van der Waals surface area contributed by atoms with Crippen molar-refractivity contribution in [2.24, 2.45) is 0 Å². The first-order valence-electron chi connectivity index (χ1n) is 6.83. The van der Waals surface area contributed by atoms with Crippen molar-refractivity contribution < 1.29 is 9.47 Å². The molecule has 0 radical (unpaired) electrons. The van der Waals surface area contributed by atoms with Gasteiger partial charge in [-0.3, -0.25) is 4.90 Å². The van der Waals surface area contributed by atoms with Crippen LogP contribution in [0.1, 0.15) is 0 Å². The molecule has 0 spiro atoms. The first-order valence-corrected chi connectivity index (χ1v) is 6.83. The van der Waals surface area contributed by atoms with Crippen LogP contribution in [0.5, 0.6) is 5.75 Å². The molecule has 0 saturated carbocycles. The maximum absolute atomic E-state index is 5.83. The fourth-order valence-electron chi connectivity index (χ4n) is 2.37. The van der Waals surface area contributed by atoms with Crippen LogP contribution in [-0.4, -0.2) is 44.4 Å². The minimum Gasteiger partial charge on any atom is -0.492 e. The highest BCUT2D eigenvalue weighted by molar-refractivity contribution is 5.85. The van der Waals surface area contributed by atoms with Gasteiger partial charge in [-0.15, -0.1) is 12.4 Å². The average Bonchev–Trinajstić information content (AvgIpc) is 2.48. The first kappa shape index (κ1) is 15.1. The lowest BCUT2D eigenvalue weighted by molar-refractivity contribution is 0.0322. The monoisotopic (exact) mass is 293 g/mol. The van der Waals surface area contributed by atoms with E-state index in [2.05, 4.69) is 41.3 Å². The van der Waals surface area contributed by atoms with Crippen molar-refractivity contribution in [1.29, 1.82) is 0 Å². The molecule has 0 atom stereocenters. The van der Waals surface area contributed by atoms with E-state index in [1.54, 1.807) is 0 Å². The van der Waals surface area contributed by atoms with Gasteiger partial charge in [-0.2, -0.15) is 0 Å². The lowest BCUT2D eigenvalue weighted by Gasteiger charge is -2.26. The van der Waals surface area contributed by atoms with Gasteiger partial charge in [0.05, 0.1) is 13.2 Å². The van der Waals surface area contributed by atoms with Gasteiger partial charge < -0.3 is 9.47 Å². The van der Waals surface area contributed by atoms with Crippen LogP contribution in [0.4, 0.5) is 0 Å². The summed E-state index contributed by atoms with van der Waals surface area (Å²) in [5, 5.41) is 2.48. The lowest BCUT2D eigenvalue weighted by Crippen LogP contribution is -2.38. The van der Waals surface area contributed by atoms with Crippen LogP contribution >= 0.6 is 12.4 Å². The summed E-state index contributed by atoms with van der Waals surface area (Å²) in [5.74, 6) is 0.951. The zero-order valence-electron chi connectivity index (χ0n) is 11.5. The molecule has 1 heterocycles. The van der Waals surface area contributed by atoms with Crippen LogP contribution < -0.4 is 4.74 Å². The number of hydrogen-bond donors (Lipinski definition) is 0. The van der Waals surface area contributed by atoms with Crippen molar-refractivity contribution in [1.82, 2.24) is 4.90 Å². The van der Waals surface area contributed by atoms with Gasteiger partial charge in [-0.25, -0.2) is 0 Å². The normalized spacial score (nSPS) is 15.8. The molecule has 0 N–H and O–H groups in total. The fourth-order valence-corrected chi connectivity index (χ4v) is 2.37. The van der Waals surface area contributed by atoms with Crippen LogP contribution in [0.25, 0.3) is 10.8 Å². The molecule has 3 nitrogen and oxygen atoms in total. The van der Waals surface area contributed by atoms with Crippen LogP contribution in [0.3, 0.4) is 0 Å². The average molecular weight is 294 g/mol. The Bertz CT molecular complexity index is 541. The van der Waals surface area contributed by atoms with Crippen molar-refractivity contribution in [2.75, 3.05) is 39.5 Å². The minimum atomic E-state index is 0. The second-order valence-electron chi connectivity index (χ2n) is 4.81. The maximum atomic E-state index is 5.83. The highest BCUT2D eigenvalue weighted by atomic mass is 35.5. The van der Waals surface area contributed by atoms with Crippen LogP contribution in [0, 0.1) is 0 Å². The number of rotatable bonds is 4. The van der Waals surface area contributed by atoms with Crippen molar-refractivity contribution >= 4 is 23.2 Å². The largest absolute Gasteiger partial charge is 0.492 e. The molecule has 1 fully saturated rings. The minimum absolute atomic E-state index is 0. The highest BCUT2D eigenvalue weighted by Gasteiger charge is 2.09.